The molecule has 1 aliphatic heterocycles. The van der Waals surface area contributed by atoms with Crippen LogP contribution in [0.4, 0.5) is 0 Å². The third-order valence-corrected chi connectivity index (χ3v) is 10.0. The average Bonchev–Trinajstić information content (AvgIpc) is 3.09. The summed E-state index contributed by atoms with van der Waals surface area (Å²) in [5.74, 6) is -1.51. The van der Waals surface area contributed by atoms with Gasteiger partial charge in [0.05, 0.1) is 30.1 Å². The van der Waals surface area contributed by atoms with Gasteiger partial charge in [0.2, 0.25) is 17.7 Å². The first kappa shape index (κ1) is 37.9. The Morgan fingerprint density at radius 1 is 0.922 bits per heavy atom. The molecule has 2 fully saturated rings. The van der Waals surface area contributed by atoms with E-state index in [4.69, 9.17) is 5.73 Å². The number of likely N-dealkylation sites (tertiary alicyclic amines) is 1. The van der Waals surface area contributed by atoms with Crippen molar-refractivity contribution in [2.24, 2.45) is 17.6 Å². The topological polar surface area (TPSA) is 187 Å². The molecule has 51 heavy (non-hydrogen) atoms. The Morgan fingerprint density at radius 3 is 2.31 bits per heavy atom. The number of carbonyl (C=O) groups excluding carboxylic acids is 4. The SMILES string of the molecule is CC(C)(C)NC(=O)[C@@H]1C[C@@H]2CCCC[C@@H]2CN1C[C@@H](O)[C@@H](O)[C@H](Cc1ccccc1)NC(=O)[C@H](CC(N)=O)NC(=O)c1ccc2ccccc2n1. The average molecular weight is 701 g/mol. The predicted octanol–water partition coefficient (Wildman–Crippen LogP) is 2.45. The van der Waals surface area contributed by atoms with Crippen LogP contribution in [-0.4, -0.2) is 92.7 Å². The lowest BCUT2D eigenvalue weighted by Crippen LogP contribution is -2.61. The number of nitrogens with zero attached hydrogens (tertiary/aromatic N) is 2. The number of rotatable bonds is 13. The van der Waals surface area contributed by atoms with E-state index >= 15 is 0 Å². The van der Waals surface area contributed by atoms with Crippen LogP contribution in [0.2, 0.25) is 0 Å². The number of carbonyl (C=O) groups is 4. The Hall–Kier alpha value is -4.39. The Kier molecular flexibility index (Phi) is 12.4. The van der Waals surface area contributed by atoms with Gasteiger partial charge in [-0.25, -0.2) is 4.98 Å². The minimum absolute atomic E-state index is 0.0167. The fourth-order valence-electron chi connectivity index (χ4n) is 7.49. The second-order valence-corrected chi connectivity index (χ2v) is 15.2. The zero-order chi connectivity index (χ0) is 36.7. The Balaban J connectivity index is 1.34. The molecule has 274 valence electrons. The van der Waals surface area contributed by atoms with Crippen LogP contribution in [0.3, 0.4) is 0 Å². The number of piperidine rings is 1. The highest BCUT2D eigenvalue weighted by Crippen LogP contribution is 2.39. The normalized spacial score (nSPS) is 21.8. The molecule has 7 atom stereocenters. The molecule has 1 saturated carbocycles. The van der Waals surface area contributed by atoms with E-state index in [1.54, 1.807) is 18.2 Å². The molecule has 1 saturated heterocycles. The summed E-state index contributed by atoms with van der Waals surface area (Å²) in [5, 5.41) is 32.6. The predicted molar refractivity (Wildman–Crippen MR) is 194 cm³/mol. The van der Waals surface area contributed by atoms with Gasteiger partial charge in [0.15, 0.2) is 0 Å². The summed E-state index contributed by atoms with van der Waals surface area (Å²) in [4.78, 5) is 59.1. The van der Waals surface area contributed by atoms with Crippen molar-refractivity contribution in [2.45, 2.75) is 102 Å². The zero-order valence-electron chi connectivity index (χ0n) is 29.8. The van der Waals surface area contributed by atoms with Gasteiger partial charge in [0, 0.05) is 24.0 Å². The highest BCUT2D eigenvalue weighted by molar-refractivity contribution is 5.99. The molecule has 12 heteroatoms. The first-order valence-electron chi connectivity index (χ1n) is 18.0. The lowest BCUT2D eigenvalue weighted by molar-refractivity contribution is -0.134. The molecule has 12 nitrogen and oxygen atoms in total. The maximum absolute atomic E-state index is 13.8. The van der Waals surface area contributed by atoms with Crippen molar-refractivity contribution in [1.82, 2.24) is 25.8 Å². The number of aliphatic hydroxyl groups excluding tert-OH is 2. The number of pyridine rings is 1. The summed E-state index contributed by atoms with van der Waals surface area (Å²) in [6.45, 7) is 6.44. The number of primary amides is 1. The fraction of sp³-hybridized carbons (Fsp3) is 0.513. The number of aromatic nitrogens is 1. The van der Waals surface area contributed by atoms with Gasteiger partial charge in [0.1, 0.15) is 17.8 Å². The number of hydrogen-bond acceptors (Lipinski definition) is 8. The number of para-hydroxylation sites is 1. The van der Waals surface area contributed by atoms with Crippen molar-refractivity contribution in [1.29, 1.82) is 0 Å². The minimum atomic E-state index is -1.46. The number of nitrogens with two attached hydrogens (primary N) is 1. The van der Waals surface area contributed by atoms with E-state index in [1.165, 1.54) is 6.07 Å². The van der Waals surface area contributed by atoms with Crippen LogP contribution in [0.25, 0.3) is 10.9 Å². The molecular weight excluding hydrogens is 648 g/mol. The Morgan fingerprint density at radius 2 is 1.61 bits per heavy atom. The van der Waals surface area contributed by atoms with E-state index in [9.17, 15) is 29.4 Å². The maximum atomic E-state index is 13.8. The molecule has 0 spiro atoms. The van der Waals surface area contributed by atoms with Gasteiger partial charge < -0.3 is 31.9 Å². The summed E-state index contributed by atoms with van der Waals surface area (Å²) >= 11 is 0. The van der Waals surface area contributed by atoms with Gasteiger partial charge in [-0.3, -0.25) is 24.1 Å². The van der Waals surface area contributed by atoms with E-state index in [0.717, 1.165) is 36.6 Å². The van der Waals surface area contributed by atoms with Crippen LogP contribution >= 0.6 is 0 Å². The second kappa shape index (κ2) is 16.8. The van der Waals surface area contributed by atoms with E-state index in [-0.39, 0.29) is 24.6 Å². The van der Waals surface area contributed by atoms with Crippen LogP contribution in [0.5, 0.6) is 0 Å². The summed E-state index contributed by atoms with van der Waals surface area (Å²) in [7, 11) is 0. The van der Waals surface area contributed by atoms with E-state index in [2.05, 4.69) is 20.9 Å². The van der Waals surface area contributed by atoms with Gasteiger partial charge in [0.25, 0.3) is 5.91 Å². The molecule has 0 unspecified atom stereocenters. The summed E-state index contributed by atoms with van der Waals surface area (Å²) < 4.78 is 0. The van der Waals surface area contributed by atoms with Crippen LogP contribution in [0, 0.1) is 11.8 Å². The number of aliphatic hydroxyl groups is 2. The molecule has 1 aromatic heterocycles. The molecule has 5 rings (SSSR count). The van der Waals surface area contributed by atoms with Gasteiger partial charge in [-0.05, 0) is 69.6 Å². The third kappa shape index (κ3) is 10.3. The molecule has 2 aliphatic rings. The largest absolute Gasteiger partial charge is 0.389 e. The minimum Gasteiger partial charge on any atom is -0.389 e. The van der Waals surface area contributed by atoms with Crippen LogP contribution in [-0.2, 0) is 20.8 Å². The maximum Gasteiger partial charge on any atom is 0.270 e. The van der Waals surface area contributed by atoms with E-state index < -0.39 is 60.0 Å². The molecule has 0 radical (unpaired) electrons. The van der Waals surface area contributed by atoms with Crippen molar-refractivity contribution in [2.75, 3.05) is 13.1 Å². The monoisotopic (exact) mass is 700 g/mol. The number of amides is 4. The Labute approximate surface area is 299 Å². The molecule has 2 heterocycles. The van der Waals surface area contributed by atoms with Crippen LogP contribution in [0.15, 0.2) is 66.7 Å². The van der Waals surface area contributed by atoms with Crippen molar-refractivity contribution in [3.8, 4) is 0 Å². The number of fused-ring (bicyclic) bond motifs is 2. The fourth-order valence-corrected chi connectivity index (χ4v) is 7.49. The lowest BCUT2D eigenvalue weighted by atomic mass is 9.72. The summed E-state index contributed by atoms with van der Waals surface area (Å²) in [6.07, 6.45) is 1.94. The number of nitrogens with one attached hydrogen (secondary N) is 3. The zero-order valence-corrected chi connectivity index (χ0v) is 29.8. The molecule has 1 aliphatic carbocycles. The van der Waals surface area contributed by atoms with E-state index in [1.807, 2.05) is 68.1 Å². The quantitative estimate of drug-likeness (QED) is 0.157. The van der Waals surface area contributed by atoms with Gasteiger partial charge in [-0.15, -0.1) is 0 Å². The summed E-state index contributed by atoms with van der Waals surface area (Å²) in [6, 6.07) is 16.9. The highest BCUT2D eigenvalue weighted by Gasteiger charge is 2.42. The molecule has 7 N–H and O–H groups in total. The van der Waals surface area contributed by atoms with Crippen LogP contribution < -0.4 is 21.7 Å². The second-order valence-electron chi connectivity index (χ2n) is 15.2. The summed E-state index contributed by atoms with van der Waals surface area (Å²) in [5.41, 5.74) is 6.49. The van der Waals surface area contributed by atoms with Crippen molar-refractivity contribution in [3.05, 3.63) is 78.0 Å². The smallest absolute Gasteiger partial charge is 0.270 e. The standard InChI is InChI=1S/C39H52N6O6/c1-39(2,3)44-38(51)32-20-26-14-7-8-15-27(26)22-45(32)23-33(46)35(48)30(19-24-11-5-4-6-12-24)42-37(50)31(21-34(40)47)43-36(49)29-18-17-25-13-9-10-16-28(25)41-29/h4-6,9-13,16-18,26-27,30-33,35,46,48H,7-8,14-15,19-23H2,1-3H3,(H2,40,47)(H,42,50)(H,43,49)(H,44,51)/t26-,27+,30-,31-,32-,33+,35-/m0/s1. The Bertz CT molecular complexity index is 1680. The lowest BCUT2D eigenvalue weighted by Gasteiger charge is -2.47. The van der Waals surface area contributed by atoms with Crippen molar-refractivity contribution < 1.29 is 29.4 Å². The molecule has 2 aromatic carbocycles. The molecule has 3 aromatic rings. The first-order valence-corrected chi connectivity index (χ1v) is 18.0. The molecule has 4 amide bonds. The van der Waals surface area contributed by atoms with Gasteiger partial charge in [-0.2, -0.15) is 0 Å². The van der Waals surface area contributed by atoms with Crippen LogP contribution in [0.1, 0.15) is 75.3 Å². The molecule has 0 bridgehead atoms. The third-order valence-electron chi connectivity index (χ3n) is 10.0. The number of benzene rings is 2. The van der Waals surface area contributed by atoms with E-state index in [0.29, 0.717) is 30.3 Å². The van der Waals surface area contributed by atoms with Gasteiger partial charge in [-0.1, -0.05) is 73.9 Å². The molecular formula is C39H52N6O6. The highest BCUT2D eigenvalue weighted by atomic mass is 16.3. The van der Waals surface area contributed by atoms with Crippen molar-refractivity contribution in [3.63, 3.8) is 0 Å². The number of hydrogen-bond donors (Lipinski definition) is 6. The number of β-amino-alcohol motifs (C(OH)–C–C–N with tert-alkyl or cyclic N) is 1. The first-order chi connectivity index (χ1) is 24.3. The van der Waals surface area contributed by atoms with Crippen molar-refractivity contribution >= 4 is 34.5 Å². The van der Waals surface area contributed by atoms with Gasteiger partial charge >= 0.3 is 0 Å².